The molecule has 0 aliphatic carbocycles. The number of nitrogens with zero attached hydrogens (tertiary/aromatic N) is 2. The van der Waals surface area contributed by atoms with Gasteiger partial charge < -0.3 is 14.4 Å². The van der Waals surface area contributed by atoms with Gasteiger partial charge in [-0.1, -0.05) is 42.5 Å². The molecule has 36 heavy (non-hydrogen) atoms. The Morgan fingerprint density at radius 1 is 0.917 bits per heavy atom. The first-order chi connectivity index (χ1) is 17.6. The molecule has 1 aliphatic heterocycles. The van der Waals surface area contributed by atoms with Gasteiger partial charge in [-0.25, -0.2) is 4.39 Å². The molecule has 0 saturated carbocycles. The smallest absolute Gasteiger partial charge is 0.123 e. The van der Waals surface area contributed by atoms with E-state index in [0.717, 1.165) is 53.4 Å². The van der Waals surface area contributed by atoms with Crippen LogP contribution >= 0.6 is 0 Å². The zero-order chi connectivity index (χ0) is 25.3. The Bertz CT molecular complexity index is 1090. The molecule has 0 bridgehead atoms. The maximum Gasteiger partial charge on any atom is 0.123 e. The second-order valence-electron chi connectivity index (χ2n) is 9.35. The van der Waals surface area contributed by atoms with Crippen molar-refractivity contribution in [2.45, 2.75) is 25.8 Å². The van der Waals surface area contributed by atoms with Crippen molar-refractivity contribution in [1.29, 1.82) is 0 Å². The zero-order valence-corrected chi connectivity index (χ0v) is 21.6. The van der Waals surface area contributed by atoms with E-state index in [2.05, 4.69) is 47.1 Å². The summed E-state index contributed by atoms with van der Waals surface area (Å²) in [6.07, 6.45) is 4.86. The van der Waals surface area contributed by atoms with E-state index < -0.39 is 0 Å². The molecule has 0 unspecified atom stereocenters. The predicted octanol–water partition coefficient (Wildman–Crippen LogP) is 6.43. The van der Waals surface area contributed by atoms with Gasteiger partial charge in [0.1, 0.15) is 17.3 Å². The van der Waals surface area contributed by atoms with E-state index in [-0.39, 0.29) is 11.9 Å². The Labute approximate surface area is 215 Å². The first-order valence-corrected chi connectivity index (χ1v) is 12.8. The lowest BCUT2D eigenvalue weighted by atomic mass is 9.96. The van der Waals surface area contributed by atoms with Crippen LogP contribution in [0.25, 0.3) is 5.57 Å². The van der Waals surface area contributed by atoms with Gasteiger partial charge in [0.2, 0.25) is 0 Å². The number of likely N-dealkylation sites (tertiary alicyclic amines) is 1. The summed E-state index contributed by atoms with van der Waals surface area (Å²) in [7, 11) is 3.39. The molecule has 3 aromatic rings. The van der Waals surface area contributed by atoms with Crippen LogP contribution in [0.3, 0.4) is 0 Å². The summed E-state index contributed by atoms with van der Waals surface area (Å²) in [5.74, 6) is 1.45. The minimum Gasteiger partial charge on any atom is -0.497 e. The molecule has 190 valence electrons. The van der Waals surface area contributed by atoms with Crippen LogP contribution in [0.15, 0.2) is 78.9 Å². The third kappa shape index (κ3) is 6.74. The molecule has 0 N–H and O–H groups in total. The van der Waals surface area contributed by atoms with Gasteiger partial charge >= 0.3 is 0 Å². The lowest BCUT2D eigenvalue weighted by molar-refractivity contribution is 0.197. The van der Waals surface area contributed by atoms with Crippen LogP contribution in [-0.4, -0.2) is 56.7 Å². The van der Waals surface area contributed by atoms with Crippen LogP contribution in [-0.2, 0) is 0 Å². The normalized spacial score (nSPS) is 14.6. The fourth-order valence-corrected chi connectivity index (χ4v) is 4.86. The van der Waals surface area contributed by atoms with E-state index in [0.29, 0.717) is 0 Å². The highest BCUT2D eigenvalue weighted by atomic mass is 19.1. The summed E-state index contributed by atoms with van der Waals surface area (Å²) in [6, 6.07) is 23.4. The quantitative estimate of drug-likeness (QED) is 0.310. The number of rotatable bonds is 11. The molecule has 0 spiro atoms. The summed E-state index contributed by atoms with van der Waals surface area (Å²) in [5, 5.41) is 0. The maximum absolute atomic E-state index is 13.6. The van der Waals surface area contributed by atoms with Crippen LogP contribution in [0.4, 0.5) is 4.39 Å². The van der Waals surface area contributed by atoms with E-state index in [1.165, 1.54) is 25.9 Å². The number of halogens is 1. The van der Waals surface area contributed by atoms with Crippen LogP contribution in [0.2, 0.25) is 0 Å². The van der Waals surface area contributed by atoms with E-state index >= 15 is 0 Å². The van der Waals surface area contributed by atoms with Gasteiger partial charge in [0.05, 0.1) is 14.2 Å². The van der Waals surface area contributed by atoms with Crippen molar-refractivity contribution in [3.05, 3.63) is 101 Å². The number of ether oxygens (including phenoxy) is 2. The van der Waals surface area contributed by atoms with E-state index in [1.54, 1.807) is 26.4 Å². The van der Waals surface area contributed by atoms with E-state index in [9.17, 15) is 4.39 Å². The minimum absolute atomic E-state index is 0.154. The largest absolute Gasteiger partial charge is 0.497 e. The fourth-order valence-electron chi connectivity index (χ4n) is 4.86. The topological polar surface area (TPSA) is 24.9 Å². The highest BCUT2D eigenvalue weighted by Gasteiger charge is 2.19. The SMILES string of the molecule is COc1cccc(C(=CCN(CCN2CCCC2)[C@H](C)c2ccc(F)cc2)c2cccc(OC)c2)c1. The maximum atomic E-state index is 13.6. The molecule has 1 heterocycles. The molecule has 5 heteroatoms. The predicted molar refractivity (Wildman–Crippen MR) is 145 cm³/mol. The second-order valence-corrected chi connectivity index (χ2v) is 9.35. The summed E-state index contributed by atoms with van der Waals surface area (Å²) < 4.78 is 24.6. The number of hydrogen-bond donors (Lipinski definition) is 0. The lowest BCUT2D eigenvalue weighted by Gasteiger charge is -2.30. The van der Waals surface area contributed by atoms with E-state index in [4.69, 9.17) is 9.47 Å². The Balaban J connectivity index is 1.66. The molecule has 0 radical (unpaired) electrons. The third-order valence-corrected chi connectivity index (χ3v) is 7.09. The van der Waals surface area contributed by atoms with Crippen LogP contribution in [0.5, 0.6) is 11.5 Å². The summed E-state index contributed by atoms with van der Waals surface area (Å²) in [5.41, 5.74) is 4.44. The molecule has 1 aliphatic rings. The van der Waals surface area contributed by atoms with Crippen molar-refractivity contribution in [1.82, 2.24) is 9.80 Å². The van der Waals surface area contributed by atoms with Crippen molar-refractivity contribution < 1.29 is 13.9 Å². The van der Waals surface area contributed by atoms with Gasteiger partial charge in [-0.2, -0.15) is 0 Å². The van der Waals surface area contributed by atoms with Crippen molar-refractivity contribution in [3.8, 4) is 11.5 Å². The highest BCUT2D eigenvalue weighted by molar-refractivity contribution is 5.81. The average Bonchev–Trinajstić information content (AvgIpc) is 3.44. The van der Waals surface area contributed by atoms with Crippen LogP contribution in [0.1, 0.15) is 42.5 Å². The molecule has 1 atom stereocenters. The Morgan fingerprint density at radius 2 is 1.50 bits per heavy atom. The Morgan fingerprint density at radius 3 is 2.06 bits per heavy atom. The van der Waals surface area contributed by atoms with Gasteiger partial charge in [0.25, 0.3) is 0 Å². The zero-order valence-electron chi connectivity index (χ0n) is 21.6. The number of benzene rings is 3. The molecule has 1 saturated heterocycles. The van der Waals surface area contributed by atoms with Gasteiger partial charge in [0, 0.05) is 25.7 Å². The number of methoxy groups -OCH3 is 2. The highest BCUT2D eigenvalue weighted by Crippen LogP contribution is 2.30. The average molecular weight is 489 g/mol. The summed E-state index contributed by atoms with van der Waals surface area (Å²) >= 11 is 0. The van der Waals surface area contributed by atoms with Crippen molar-refractivity contribution in [3.63, 3.8) is 0 Å². The van der Waals surface area contributed by atoms with Crippen molar-refractivity contribution in [2.24, 2.45) is 0 Å². The van der Waals surface area contributed by atoms with Gasteiger partial charge in [-0.15, -0.1) is 0 Å². The van der Waals surface area contributed by atoms with Gasteiger partial charge in [0.15, 0.2) is 0 Å². The summed E-state index contributed by atoms with van der Waals surface area (Å²) in [6.45, 7) is 7.30. The van der Waals surface area contributed by atoms with Crippen molar-refractivity contribution >= 4 is 5.57 Å². The standard InChI is InChI=1S/C31H37FN2O2/c1-24(25-12-14-28(32)15-13-25)34(21-20-33-17-4-5-18-33)19-16-31(26-8-6-10-29(22-26)35-2)27-9-7-11-30(23-27)36-3/h6-16,22-24H,4-5,17-21H2,1-3H3/t24-/m1/s1. The van der Waals surface area contributed by atoms with Crippen LogP contribution in [0, 0.1) is 5.82 Å². The molecular formula is C31H37FN2O2. The monoisotopic (exact) mass is 488 g/mol. The van der Waals surface area contributed by atoms with Crippen molar-refractivity contribution in [2.75, 3.05) is 46.9 Å². The third-order valence-electron chi connectivity index (χ3n) is 7.09. The second kappa shape index (κ2) is 12.7. The van der Waals surface area contributed by atoms with Crippen LogP contribution < -0.4 is 9.47 Å². The molecule has 0 aromatic heterocycles. The molecule has 4 rings (SSSR count). The first-order valence-electron chi connectivity index (χ1n) is 12.8. The molecule has 3 aromatic carbocycles. The summed E-state index contributed by atoms with van der Waals surface area (Å²) in [4.78, 5) is 5.02. The fraction of sp³-hybridized carbons (Fsp3) is 0.355. The van der Waals surface area contributed by atoms with E-state index in [1.807, 2.05) is 36.4 Å². The molecule has 4 nitrogen and oxygen atoms in total. The molecule has 1 fully saturated rings. The first kappa shape index (κ1) is 25.9. The minimum atomic E-state index is -0.201. The van der Waals surface area contributed by atoms with Gasteiger partial charge in [-0.05, 0) is 91.5 Å². The lowest BCUT2D eigenvalue weighted by Crippen LogP contribution is -2.35. The van der Waals surface area contributed by atoms with Gasteiger partial charge in [-0.3, -0.25) is 4.90 Å². The Kier molecular flexibility index (Phi) is 9.15. The Hall–Kier alpha value is -3.15. The molecular weight excluding hydrogens is 451 g/mol. The number of hydrogen-bond acceptors (Lipinski definition) is 4. The molecule has 0 amide bonds.